The molecule has 1 saturated carbocycles. The first kappa shape index (κ1) is 25.4. The van der Waals surface area contributed by atoms with Crippen LogP contribution in [0.3, 0.4) is 0 Å². The fourth-order valence-corrected chi connectivity index (χ4v) is 11.7. The summed E-state index contributed by atoms with van der Waals surface area (Å²) >= 11 is 0. The van der Waals surface area contributed by atoms with Crippen molar-refractivity contribution >= 4 is 20.3 Å². The number of ether oxygens (including phenoxy) is 1. The number of likely N-dealkylation sites (tertiary alicyclic amines) is 1. The Morgan fingerprint density at radius 3 is 2.10 bits per heavy atom. The highest BCUT2D eigenvalue weighted by Gasteiger charge is 2.49. The largest absolute Gasteiger partial charge is 0.443 e. The van der Waals surface area contributed by atoms with Crippen molar-refractivity contribution in [3.8, 4) is 0 Å². The Kier molecular flexibility index (Phi) is 8.22. The molecular weight excluding hydrogens is 394 g/mol. The van der Waals surface area contributed by atoms with E-state index in [-0.39, 0.29) is 11.9 Å². The molecular formula is C24H45NO4Si. The summed E-state index contributed by atoms with van der Waals surface area (Å²) in [5.74, 6) is 0.648. The highest BCUT2D eigenvalue weighted by Crippen LogP contribution is 2.45. The second kappa shape index (κ2) is 9.72. The average molecular weight is 440 g/mol. The van der Waals surface area contributed by atoms with Gasteiger partial charge in [0.2, 0.25) is 5.91 Å². The van der Waals surface area contributed by atoms with Gasteiger partial charge in [-0.1, -0.05) is 48.0 Å². The molecule has 0 aromatic rings. The molecule has 1 heterocycles. The van der Waals surface area contributed by atoms with Crippen molar-refractivity contribution in [3.63, 3.8) is 0 Å². The van der Waals surface area contributed by atoms with Gasteiger partial charge in [0, 0.05) is 19.1 Å². The second-order valence-electron chi connectivity index (χ2n) is 11.3. The molecule has 0 unspecified atom stereocenters. The lowest BCUT2D eigenvalue weighted by Gasteiger charge is -2.48. The third-order valence-corrected chi connectivity index (χ3v) is 13.4. The Labute approximate surface area is 185 Å². The fourth-order valence-electron chi connectivity index (χ4n) is 6.18. The van der Waals surface area contributed by atoms with Gasteiger partial charge in [0.05, 0.1) is 0 Å². The predicted molar refractivity (Wildman–Crippen MR) is 124 cm³/mol. The Bertz CT molecular complexity index is 589. The minimum atomic E-state index is -1.92. The SMILES string of the molecule is CC(C)[Si](OC[C@@H]1CCC[C@@H]2[C@H]1CCC(=O)N2C(=O)OC(C)(C)C)(C(C)C)C(C)C. The first-order chi connectivity index (χ1) is 13.8. The molecule has 3 atom stereocenters. The normalized spacial score (nSPS) is 25.8. The molecule has 2 aliphatic rings. The van der Waals surface area contributed by atoms with E-state index in [1.54, 1.807) is 0 Å². The smallest absolute Gasteiger partial charge is 0.417 e. The second-order valence-corrected chi connectivity index (χ2v) is 16.8. The number of piperidine rings is 1. The number of rotatable bonds is 6. The Hall–Kier alpha value is -0.883. The molecule has 0 N–H and O–H groups in total. The van der Waals surface area contributed by atoms with Gasteiger partial charge in [-0.05, 0) is 68.5 Å². The highest BCUT2D eigenvalue weighted by atomic mass is 28.4. The van der Waals surface area contributed by atoms with Crippen LogP contribution in [0.25, 0.3) is 0 Å². The number of carbonyl (C=O) groups is 2. The highest BCUT2D eigenvalue weighted by molar-refractivity contribution is 6.77. The van der Waals surface area contributed by atoms with Gasteiger partial charge in [0.15, 0.2) is 8.32 Å². The molecule has 174 valence electrons. The topological polar surface area (TPSA) is 55.8 Å². The number of nitrogens with zero attached hydrogens (tertiary/aromatic N) is 1. The van der Waals surface area contributed by atoms with Crippen molar-refractivity contribution in [2.45, 2.75) is 123 Å². The molecule has 2 amide bonds. The van der Waals surface area contributed by atoms with Crippen LogP contribution in [0.1, 0.15) is 94.4 Å². The summed E-state index contributed by atoms with van der Waals surface area (Å²) in [5.41, 5.74) is 1.08. The Morgan fingerprint density at radius 2 is 1.60 bits per heavy atom. The van der Waals surface area contributed by atoms with Crippen LogP contribution in [-0.4, -0.2) is 43.5 Å². The zero-order chi connectivity index (χ0) is 22.9. The number of amides is 2. The number of hydrogen-bond donors (Lipinski definition) is 0. The molecule has 30 heavy (non-hydrogen) atoms. The van der Waals surface area contributed by atoms with Crippen molar-refractivity contribution in [2.75, 3.05) is 6.61 Å². The third kappa shape index (κ3) is 5.29. The molecule has 1 saturated heterocycles. The summed E-state index contributed by atoms with van der Waals surface area (Å²) in [7, 11) is -1.92. The summed E-state index contributed by atoms with van der Waals surface area (Å²) in [6.45, 7) is 20.2. The Balaban J connectivity index is 2.19. The Morgan fingerprint density at radius 1 is 1.03 bits per heavy atom. The molecule has 2 fully saturated rings. The molecule has 1 aliphatic heterocycles. The molecule has 1 aliphatic carbocycles. The van der Waals surface area contributed by atoms with E-state index in [1.807, 2.05) is 20.8 Å². The summed E-state index contributed by atoms with van der Waals surface area (Å²) in [6, 6.07) is -0.0448. The van der Waals surface area contributed by atoms with Crippen LogP contribution in [0.5, 0.6) is 0 Å². The van der Waals surface area contributed by atoms with Gasteiger partial charge in [-0.25, -0.2) is 9.69 Å². The van der Waals surface area contributed by atoms with E-state index in [4.69, 9.17) is 9.16 Å². The van der Waals surface area contributed by atoms with Crippen molar-refractivity contribution in [3.05, 3.63) is 0 Å². The standard InChI is InChI=1S/C24H45NO4Si/c1-16(2)30(17(3)4,18(5)6)28-15-19-11-10-12-21-20(19)13-14-22(26)25(21)23(27)29-24(7,8)9/h16-21H,10-15H2,1-9H3/t19-,20-,21+/m0/s1. The van der Waals surface area contributed by atoms with Crippen LogP contribution in [0.15, 0.2) is 0 Å². The quantitative estimate of drug-likeness (QED) is 0.442. The maximum Gasteiger partial charge on any atom is 0.417 e. The van der Waals surface area contributed by atoms with Gasteiger partial charge in [-0.15, -0.1) is 0 Å². The van der Waals surface area contributed by atoms with Crippen molar-refractivity contribution in [2.24, 2.45) is 11.8 Å². The van der Waals surface area contributed by atoms with Gasteiger partial charge in [-0.3, -0.25) is 4.79 Å². The summed E-state index contributed by atoms with van der Waals surface area (Å²) in [6.07, 6.45) is 3.85. The minimum Gasteiger partial charge on any atom is -0.443 e. The third-order valence-electron chi connectivity index (χ3n) is 7.31. The van der Waals surface area contributed by atoms with Crippen molar-refractivity contribution in [1.82, 2.24) is 4.90 Å². The van der Waals surface area contributed by atoms with Gasteiger partial charge in [0.1, 0.15) is 5.60 Å². The van der Waals surface area contributed by atoms with Crippen LogP contribution in [-0.2, 0) is 14.0 Å². The molecule has 2 rings (SSSR count). The average Bonchev–Trinajstić information content (AvgIpc) is 2.59. The lowest BCUT2D eigenvalue weighted by Crippen LogP contribution is -2.57. The van der Waals surface area contributed by atoms with E-state index >= 15 is 0 Å². The van der Waals surface area contributed by atoms with Gasteiger partial charge in [0.25, 0.3) is 0 Å². The van der Waals surface area contributed by atoms with E-state index in [0.29, 0.717) is 34.9 Å². The molecule has 0 aromatic heterocycles. The number of fused-ring (bicyclic) bond motifs is 1. The summed E-state index contributed by atoms with van der Waals surface area (Å²) < 4.78 is 12.5. The van der Waals surface area contributed by atoms with Crippen LogP contribution in [0.4, 0.5) is 4.79 Å². The minimum absolute atomic E-state index is 0.0448. The molecule has 6 heteroatoms. The molecule has 0 bridgehead atoms. The summed E-state index contributed by atoms with van der Waals surface area (Å²) in [5, 5.41) is 0. The van der Waals surface area contributed by atoms with Crippen LogP contribution >= 0.6 is 0 Å². The van der Waals surface area contributed by atoms with Gasteiger partial charge >= 0.3 is 6.09 Å². The van der Waals surface area contributed by atoms with Crippen molar-refractivity contribution in [1.29, 1.82) is 0 Å². The first-order valence-corrected chi connectivity index (χ1v) is 14.1. The molecule has 0 aromatic carbocycles. The van der Waals surface area contributed by atoms with Crippen molar-refractivity contribution < 1.29 is 18.8 Å². The number of hydrogen-bond acceptors (Lipinski definition) is 4. The monoisotopic (exact) mass is 439 g/mol. The van der Waals surface area contributed by atoms with Crippen LogP contribution < -0.4 is 0 Å². The fraction of sp³-hybridized carbons (Fsp3) is 0.917. The molecule has 5 nitrogen and oxygen atoms in total. The molecule has 0 radical (unpaired) electrons. The maximum atomic E-state index is 12.8. The number of carbonyl (C=O) groups excluding carboxylic acids is 2. The lowest BCUT2D eigenvalue weighted by atomic mass is 9.71. The molecule has 0 spiro atoms. The van der Waals surface area contributed by atoms with E-state index in [9.17, 15) is 9.59 Å². The van der Waals surface area contributed by atoms with Gasteiger partial charge in [-0.2, -0.15) is 0 Å². The predicted octanol–water partition coefficient (Wildman–Crippen LogP) is 6.52. The maximum absolute atomic E-state index is 12.8. The van der Waals surface area contributed by atoms with E-state index in [2.05, 4.69) is 41.5 Å². The van der Waals surface area contributed by atoms with Crippen LogP contribution in [0.2, 0.25) is 16.6 Å². The summed E-state index contributed by atoms with van der Waals surface area (Å²) in [4.78, 5) is 26.9. The van der Waals surface area contributed by atoms with E-state index in [0.717, 1.165) is 32.3 Å². The zero-order valence-corrected chi connectivity index (χ0v) is 21.8. The zero-order valence-electron chi connectivity index (χ0n) is 20.8. The first-order valence-electron chi connectivity index (χ1n) is 12.0. The van der Waals surface area contributed by atoms with Gasteiger partial charge < -0.3 is 9.16 Å². The lowest BCUT2D eigenvalue weighted by molar-refractivity contribution is -0.140. The number of imide groups is 1. The van der Waals surface area contributed by atoms with Crippen LogP contribution in [0, 0.1) is 11.8 Å². The van der Waals surface area contributed by atoms with E-state index < -0.39 is 20.0 Å². The van der Waals surface area contributed by atoms with E-state index in [1.165, 1.54) is 4.90 Å².